The summed E-state index contributed by atoms with van der Waals surface area (Å²) >= 11 is 0. The largest absolute Gasteiger partial charge is 0.333 e. The van der Waals surface area contributed by atoms with Crippen molar-refractivity contribution in [2.75, 3.05) is 13.1 Å². The van der Waals surface area contributed by atoms with Crippen molar-refractivity contribution in [2.45, 2.75) is 33.2 Å². The maximum absolute atomic E-state index is 11.5. The predicted octanol–water partition coefficient (Wildman–Crippen LogP) is 0.302. The minimum absolute atomic E-state index is 0.247. The molecule has 0 atom stereocenters. The third kappa shape index (κ3) is 4.81. The molecular weight excluding hydrogens is 182 g/mol. The lowest BCUT2D eigenvalue weighted by Crippen LogP contribution is -2.51. The molecule has 0 fully saturated rings. The van der Waals surface area contributed by atoms with Crippen molar-refractivity contribution in [1.29, 1.82) is 0 Å². The molecule has 0 aliphatic heterocycles. The number of carbonyl (C=O) groups is 2. The van der Waals surface area contributed by atoms with Crippen molar-refractivity contribution < 1.29 is 9.59 Å². The number of rotatable bonds is 2. The molecular formula is C9H19N3O2. The second-order valence-electron chi connectivity index (χ2n) is 4.14. The summed E-state index contributed by atoms with van der Waals surface area (Å²) in [6, 6.07) is -0.393. The van der Waals surface area contributed by atoms with E-state index in [1.54, 1.807) is 0 Å². The first kappa shape index (κ1) is 12.9. The number of carbonyl (C=O) groups excluding carboxylic acids is 2. The van der Waals surface area contributed by atoms with Crippen LogP contribution >= 0.6 is 0 Å². The molecule has 5 nitrogen and oxygen atoms in total. The minimum atomic E-state index is -0.393. The molecule has 82 valence electrons. The van der Waals surface area contributed by atoms with Gasteiger partial charge in [0.05, 0.1) is 0 Å². The van der Waals surface area contributed by atoms with Crippen molar-refractivity contribution >= 4 is 11.9 Å². The Morgan fingerprint density at radius 2 is 1.86 bits per heavy atom. The van der Waals surface area contributed by atoms with Crippen LogP contribution in [-0.2, 0) is 4.79 Å². The summed E-state index contributed by atoms with van der Waals surface area (Å²) in [5.41, 5.74) is 4.95. The van der Waals surface area contributed by atoms with Gasteiger partial charge in [0.25, 0.3) is 0 Å². The molecule has 0 bridgehead atoms. The summed E-state index contributed by atoms with van der Waals surface area (Å²) in [5.74, 6) is -0.294. The number of nitrogens with zero attached hydrogens (tertiary/aromatic N) is 1. The lowest BCUT2D eigenvalue weighted by molar-refractivity contribution is -0.125. The molecule has 0 saturated carbocycles. The second kappa shape index (κ2) is 4.95. The van der Waals surface area contributed by atoms with E-state index >= 15 is 0 Å². The van der Waals surface area contributed by atoms with E-state index in [1.165, 1.54) is 6.92 Å². The van der Waals surface area contributed by atoms with Crippen LogP contribution in [0.15, 0.2) is 0 Å². The highest BCUT2D eigenvalue weighted by molar-refractivity contribution is 5.93. The van der Waals surface area contributed by atoms with Gasteiger partial charge in [-0.25, -0.2) is 4.79 Å². The minimum Gasteiger partial charge on any atom is -0.333 e. The smallest absolute Gasteiger partial charge is 0.324 e. The lowest BCUT2D eigenvalue weighted by atomic mass is 10.1. The van der Waals surface area contributed by atoms with Crippen molar-refractivity contribution in [1.82, 2.24) is 10.2 Å². The molecule has 0 unspecified atom stereocenters. The van der Waals surface area contributed by atoms with Gasteiger partial charge < -0.3 is 11.1 Å². The van der Waals surface area contributed by atoms with Gasteiger partial charge in [0, 0.05) is 25.6 Å². The van der Waals surface area contributed by atoms with Crippen LogP contribution in [0, 0.1) is 0 Å². The van der Waals surface area contributed by atoms with Gasteiger partial charge >= 0.3 is 6.03 Å². The molecule has 0 aromatic carbocycles. The standard InChI is InChI=1S/C9H19N3O2/c1-7(13)12(6-5-10)8(14)11-9(2,3)4/h5-6,10H2,1-4H3,(H,11,14). The Hall–Kier alpha value is -1.10. The first-order valence-electron chi connectivity index (χ1n) is 4.58. The molecule has 0 heterocycles. The maximum atomic E-state index is 11.5. The van der Waals surface area contributed by atoms with Crippen LogP contribution in [0.5, 0.6) is 0 Å². The van der Waals surface area contributed by atoms with E-state index < -0.39 is 6.03 Å². The SMILES string of the molecule is CC(=O)N(CCN)C(=O)NC(C)(C)C. The average Bonchev–Trinajstić information content (AvgIpc) is 1.95. The number of hydrogen-bond donors (Lipinski definition) is 2. The molecule has 0 spiro atoms. The topological polar surface area (TPSA) is 75.4 Å². The van der Waals surface area contributed by atoms with Crippen LogP contribution < -0.4 is 11.1 Å². The van der Waals surface area contributed by atoms with E-state index in [1.807, 2.05) is 20.8 Å². The fraction of sp³-hybridized carbons (Fsp3) is 0.778. The van der Waals surface area contributed by atoms with Gasteiger partial charge in [-0.1, -0.05) is 0 Å². The Labute approximate surface area is 84.6 Å². The van der Waals surface area contributed by atoms with Crippen molar-refractivity contribution in [3.05, 3.63) is 0 Å². The maximum Gasteiger partial charge on any atom is 0.324 e. The van der Waals surface area contributed by atoms with Crippen LogP contribution in [0.2, 0.25) is 0 Å². The monoisotopic (exact) mass is 201 g/mol. The molecule has 14 heavy (non-hydrogen) atoms. The summed E-state index contributed by atoms with van der Waals surface area (Å²) in [4.78, 5) is 23.7. The van der Waals surface area contributed by atoms with Crippen LogP contribution in [0.3, 0.4) is 0 Å². The van der Waals surface area contributed by atoms with E-state index in [-0.39, 0.29) is 24.5 Å². The van der Waals surface area contributed by atoms with E-state index in [2.05, 4.69) is 5.32 Å². The molecule has 0 radical (unpaired) electrons. The predicted molar refractivity (Wildman–Crippen MR) is 54.7 cm³/mol. The van der Waals surface area contributed by atoms with Crippen LogP contribution in [0.1, 0.15) is 27.7 Å². The Balaban J connectivity index is 4.38. The van der Waals surface area contributed by atoms with Gasteiger partial charge in [-0.15, -0.1) is 0 Å². The van der Waals surface area contributed by atoms with Gasteiger partial charge in [-0.2, -0.15) is 0 Å². The van der Waals surface area contributed by atoms with Crippen LogP contribution in [0.25, 0.3) is 0 Å². The van der Waals surface area contributed by atoms with Gasteiger partial charge in [0.2, 0.25) is 5.91 Å². The highest BCUT2D eigenvalue weighted by Gasteiger charge is 2.21. The van der Waals surface area contributed by atoms with Crippen LogP contribution in [-0.4, -0.2) is 35.5 Å². The van der Waals surface area contributed by atoms with Gasteiger partial charge in [-0.3, -0.25) is 9.69 Å². The number of hydrogen-bond acceptors (Lipinski definition) is 3. The zero-order chi connectivity index (χ0) is 11.4. The second-order valence-corrected chi connectivity index (χ2v) is 4.14. The van der Waals surface area contributed by atoms with E-state index in [0.29, 0.717) is 0 Å². The molecule has 0 aromatic heterocycles. The summed E-state index contributed by atoms with van der Waals surface area (Å²) in [6.07, 6.45) is 0. The van der Waals surface area contributed by atoms with Gasteiger partial charge in [0.15, 0.2) is 0 Å². The third-order valence-electron chi connectivity index (χ3n) is 1.46. The highest BCUT2D eigenvalue weighted by atomic mass is 16.2. The third-order valence-corrected chi connectivity index (χ3v) is 1.46. The summed E-state index contributed by atoms with van der Waals surface area (Å²) in [6.45, 7) is 7.43. The zero-order valence-electron chi connectivity index (χ0n) is 9.26. The number of nitrogens with one attached hydrogen (secondary N) is 1. The Morgan fingerprint density at radius 3 is 2.14 bits per heavy atom. The van der Waals surface area contributed by atoms with E-state index in [4.69, 9.17) is 5.73 Å². The van der Waals surface area contributed by atoms with Crippen molar-refractivity contribution in [3.63, 3.8) is 0 Å². The number of nitrogens with two attached hydrogens (primary N) is 1. The summed E-state index contributed by atoms with van der Waals surface area (Å²) in [7, 11) is 0. The van der Waals surface area contributed by atoms with E-state index in [0.717, 1.165) is 4.90 Å². The normalized spacial score (nSPS) is 10.9. The fourth-order valence-electron chi connectivity index (χ4n) is 0.919. The van der Waals surface area contributed by atoms with Crippen LogP contribution in [0.4, 0.5) is 4.79 Å². The van der Waals surface area contributed by atoms with Gasteiger partial charge in [-0.05, 0) is 20.8 Å². The molecule has 3 N–H and O–H groups in total. The summed E-state index contributed by atoms with van der Waals surface area (Å²) in [5, 5.41) is 2.70. The Kier molecular flexibility index (Phi) is 4.56. The van der Waals surface area contributed by atoms with Gasteiger partial charge in [0.1, 0.15) is 0 Å². The molecule has 0 rings (SSSR count). The quantitative estimate of drug-likeness (QED) is 0.674. The fourth-order valence-corrected chi connectivity index (χ4v) is 0.919. The molecule has 0 aromatic rings. The molecule has 3 amide bonds. The lowest BCUT2D eigenvalue weighted by Gasteiger charge is -2.26. The number of urea groups is 1. The average molecular weight is 201 g/mol. The molecule has 0 aliphatic carbocycles. The Morgan fingerprint density at radius 1 is 1.36 bits per heavy atom. The molecule has 5 heteroatoms. The Bertz CT molecular complexity index is 221. The number of imide groups is 1. The zero-order valence-corrected chi connectivity index (χ0v) is 9.26. The molecule has 0 saturated heterocycles. The number of amides is 3. The van der Waals surface area contributed by atoms with Crippen molar-refractivity contribution in [3.8, 4) is 0 Å². The molecule has 0 aliphatic rings. The summed E-state index contributed by atoms with van der Waals surface area (Å²) < 4.78 is 0. The first-order chi connectivity index (χ1) is 6.28. The van der Waals surface area contributed by atoms with Crippen molar-refractivity contribution in [2.24, 2.45) is 5.73 Å². The van der Waals surface area contributed by atoms with E-state index in [9.17, 15) is 9.59 Å². The highest BCUT2D eigenvalue weighted by Crippen LogP contribution is 2.01. The first-order valence-corrected chi connectivity index (χ1v) is 4.58.